The molecular weight excluding hydrogens is 512 g/mol. The third kappa shape index (κ3) is 5.53. The molecule has 0 saturated carbocycles. The number of rotatable bonds is 8. The maximum absolute atomic E-state index is 13.2. The molecule has 1 saturated heterocycles. The molecule has 3 aliphatic heterocycles. The smallest absolute Gasteiger partial charge is 0.339 e. The maximum Gasteiger partial charge on any atom is 0.339 e. The first-order valence-corrected chi connectivity index (χ1v) is 13.6. The quantitative estimate of drug-likeness (QED) is 0.395. The Balaban J connectivity index is 1.03. The van der Waals surface area contributed by atoms with Gasteiger partial charge < -0.3 is 28.7 Å². The minimum absolute atomic E-state index is 0.137. The number of carbonyl (C=O) groups is 2. The summed E-state index contributed by atoms with van der Waals surface area (Å²) in [5.41, 5.74) is 3.63. The number of amides is 1. The van der Waals surface area contributed by atoms with E-state index in [1.54, 1.807) is 19.1 Å². The normalized spacial score (nSPS) is 16.1. The van der Waals surface area contributed by atoms with Crippen LogP contribution in [0.3, 0.4) is 0 Å². The van der Waals surface area contributed by atoms with Gasteiger partial charge in [-0.15, -0.1) is 0 Å². The zero-order chi connectivity index (χ0) is 27.5. The van der Waals surface area contributed by atoms with Crippen LogP contribution in [0.5, 0.6) is 23.1 Å². The van der Waals surface area contributed by atoms with Crippen LogP contribution in [-0.2, 0) is 22.5 Å². The molecule has 0 atom stereocenters. The van der Waals surface area contributed by atoms with Crippen LogP contribution in [0.25, 0.3) is 0 Å². The fourth-order valence-corrected chi connectivity index (χ4v) is 5.33. The highest BCUT2D eigenvalue weighted by Gasteiger charge is 2.28. The van der Waals surface area contributed by atoms with Crippen LogP contribution >= 0.6 is 0 Å². The van der Waals surface area contributed by atoms with E-state index in [0.29, 0.717) is 43.4 Å². The zero-order valence-corrected chi connectivity index (χ0v) is 22.5. The third-order valence-electron chi connectivity index (χ3n) is 7.44. The van der Waals surface area contributed by atoms with Crippen molar-refractivity contribution in [2.24, 2.45) is 0 Å². The molecule has 40 heavy (non-hydrogen) atoms. The highest BCUT2D eigenvalue weighted by Crippen LogP contribution is 2.37. The summed E-state index contributed by atoms with van der Waals surface area (Å²) in [6.07, 6.45) is 2.24. The molecule has 0 spiro atoms. The topological polar surface area (TPSA) is 93.7 Å². The van der Waals surface area contributed by atoms with Crippen molar-refractivity contribution in [3.8, 4) is 23.1 Å². The van der Waals surface area contributed by atoms with Crippen molar-refractivity contribution < 1.29 is 28.5 Å². The zero-order valence-electron chi connectivity index (χ0n) is 22.5. The summed E-state index contributed by atoms with van der Waals surface area (Å²) in [5.74, 6) is 2.43. The minimum atomic E-state index is -0.409. The molecule has 0 bridgehead atoms. The average Bonchev–Trinajstić information content (AvgIpc) is 3.61. The first-order valence-electron chi connectivity index (χ1n) is 13.6. The van der Waals surface area contributed by atoms with E-state index in [4.69, 9.17) is 18.9 Å². The molecule has 3 aliphatic rings. The van der Waals surface area contributed by atoms with Crippen LogP contribution < -0.4 is 19.1 Å². The number of piperazine rings is 1. The first kappa shape index (κ1) is 25.9. The number of fused-ring (bicyclic) bond motifs is 2. The van der Waals surface area contributed by atoms with Crippen molar-refractivity contribution in [2.75, 3.05) is 57.6 Å². The second-order valence-electron chi connectivity index (χ2n) is 9.98. The molecule has 1 aromatic heterocycles. The second-order valence-corrected chi connectivity index (χ2v) is 9.98. The molecule has 1 fully saturated rings. The predicted molar refractivity (Wildman–Crippen MR) is 147 cm³/mol. The molecule has 1 amide bonds. The van der Waals surface area contributed by atoms with Gasteiger partial charge in [-0.2, -0.15) is 0 Å². The number of nitrogens with zero attached hydrogens (tertiary/aromatic N) is 4. The number of aromatic nitrogens is 1. The third-order valence-corrected chi connectivity index (χ3v) is 7.44. The summed E-state index contributed by atoms with van der Waals surface area (Å²) in [6, 6.07) is 15.2. The van der Waals surface area contributed by atoms with Gasteiger partial charge in [-0.3, -0.25) is 9.69 Å². The summed E-state index contributed by atoms with van der Waals surface area (Å²) in [4.78, 5) is 35.8. The Kier molecular flexibility index (Phi) is 7.41. The summed E-state index contributed by atoms with van der Waals surface area (Å²) >= 11 is 0. The number of carbonyl (C=O) groups excluding carboxylic acids is 2. The summed E-state index contributed by atoms with van der Waals surface area (Å²) < 4.78 is 22.0. The summed E-state index contributed by atoms with van der Waals surface area (Å²) in [7, 11) is 0. The number of hydrogen-bond donors (Lipinski definition) is 0. The van der Waals surface area contributed by atoms with Crippen molar-refractivity contribution in [3.05, 3.63) is 71.4 Å². The molecule has 10 nitrogen and oxygen atoms in total. The highest BCUT2D eigenvalue weighted by molar-refractivity contribution is 5.89. The predicted octanol–water partition coefficient (Wildman–Crippen LogP) is 3.49. The van der Waals surface area contributed by atoms with Gasteiger partial charge in [-0.25, -0.2) is 9.78 Å². The van der Waals surface area contributed by atoms with Crippen LogP contribution in [-0.4, -0.2) is 79.3 Å². The van der Waals surface area contributed by atoms with E-state index in [1.165, 1.54) is 11.8 Å². The number of anilines is 1. The first-order chi connectivity index (χ1) is 19.6. The Labute approximate surface area is 233 Å². The number of benzene rings is 2. The lowest BCUT2D eigenvalue weighted by molar-refractivity contribution is -0.131. The molecule has 6 rings (SSSR count). The Hall–Kier alpha value is -4.31. The van der Waals surface area contributed by atoms with Gasteiger partial charge in [0, 0.05) is 62.8 Å². The van der Waals surface area contributed by atoms with E-state index in [2.05, 4.69) is 20.9 Å². The van der Waals surface area contributed by atoms with Gasteiger partial charge in [-0.1, -0.05) is 12.1 Å². The molecule has 0 N–H and O–H groups in total. The van der Waals surface area contributed by atoms with Crippen LogP contribution in [0.2, 0.25) is 0 Å². The number of esters is 1. The van der Waals surface area contributed by atoms with Crippen molar-refractivity contribution >= 4 is 17.6 Å². The lowest BCUT2D eigenvalue weighted by Crippen LogP contribution is -2.50. The minimum Gasteiger partial charge on any atom is -0.462 e. The van der Waals surface area contributed by atoms with E-state index in [9.17, 15) is 9.59 Å². The molecule has 2 aromatic carbocycles. The number of ether oxygens (including phenoxy) is 4. The Morgan fingerprint density at radius 1 is 0.975 bits per heavy atom. The van der Waals surface area contributed by atoms with Crippen LogP contribution in [0.4, 0.5) is 5.69 Å². The maximum atomic E-state index is 13.2. The lowest BCUT2D eigenvalue weighted by Gasteiger charge is -2.35. The van der Waals surface area contributed by atoms with Crippen LogP contribution in [0.15, 0.2) is 54.7 Å². The molecule has 208 valence electrons. The Morgan fingerprint density at radius 2 is 1.82 bits per heavy atom. The van der Waals surface area contributed by atoms with Crippen molar-refractivity contribution in [2.45, 2.75) is 19.9 Å². The van der Waals surface area contributed by atoms with Gasteiger partial charge in [0.15, 0.2) is 11.5 Å². The van der Waals surface area contributed by atoms with E-state index in [-0.39, 0.29) is 12.7 Å². The Morgan fingerprint density at radius 3 is 2.62 bits per heavy atom. The van der Waals surface area contributed by atoms with Crippen molar-refractivity contribution in [1.82, 2.24) is 14.8 Å². The van der Waals surface area contributed by atoms with Gasteiger partial charge in [-0.05, 0) is 49.2 Å². The fourth-order valence-electron chi connectivity index (χ4n) is 5.33. The van der Waals surface area contributed by atoms with Crippen LogP contribution in [0.1, 0.15) is 28.4 Å². The fraction of sp³-hybridized carbons (Fsp3) is 0.367. The summed E-state index contributed by atoms with van der Waals surface area (Å²) in [6.45, 7) is 7.34. The van der Waals surface area contributed by atoms with Crippen molar-refractivity contribution in [1.29, 1.82) is 0 Å². The lowest BCUT2D eigenvalue weighted by atomic mass is 10.1. The van der Waals surface area contributed by atoms with Crippen molar-refractivity contribution in [3.63, 3.8) is 0 Å². The monoisotopic (exact) mass is 544 g/mol. The molecule has 0 radical (unpaired) electrons. The van der Waals surface area contributed by atoms with Gasteiger partial charge in [0.05, 0.1) is 18.7 Å². The molecule has 0 unspecified atom stereocenters. The highest BCUT2D eigenvalue weighted by atomic mass is 16.7. The van der Waals surface area contributed by atoms with Gasteiger partial charge >= 0.3 is 5.97 Å². The number of pyridine rings is 1. The molecular formula is C30H32N4O6. The van der Waals surface area contributed by atoms with Crippen LogP contribution in [0, 0.1) is 0 Å². The second kappa shape index (κ2) is 11.4. The summed E-state index contributed by atoms with van der Waals surface area (Å²) in [5, 5.41) is 0. The number of hydrogen-bond acceptors (Lipinski definition) is 9. The molecule has 4 heterocycles. The molecule has 3 aromatic rings. The molecule has 0 aliphatic carbocycles. The molecule has 10 heteroatoms. The van der Waals surface area contributed by atoms with Gasteiger partial charge in [0.2, 0.25) is 18.6 Å². The van der Waals surface area contributed by atoms with Gasteiger partial charge in [0.25, 0.3) is 0 Å². The Bertz CT molecular complexity index is 1390. The SMILES string of the molecule is CCOC(=O)c1ccc(Oc2cccc3c2CCN3CC(=O)N2CCN(Cc3ccc4c(c3)OCO4)CC2)nc1. The standard InChI is InChI=1S/C30H32N4O6/c1-2-37-30(36)22-7-9-28(31-17-22)40-25-5-3-4-24-23(25)10-11-34(24)19-29(35)33-14-12-32(13-15-33)18-21-6-8-26-27(16-21)39-20-38-26/h3-9,16-17H,2,10-15,18-20H2,1H3. The van der Waals surface area contributed by atoms with E-state index < -0.39 is 5.97 Å². The van der Waals surface area contributed by atoms with Gasteiger partial charge in [0.1, 0.15) is 5.75 Å². The van der Waals surface area contributed by atoms with E-state index in [1.807, 2.05) is 35.2 Å². The van der Waals surface area contributed by atoms with E-state index >= 15 is 0 Å². The largest absolute Gasteiger partial charge is 0.462 e. The average molecular weight is 545 g/mol. The van der Waals surface area contributed by atoms with E-state index in [0.717, 1.165) is 55.3 Å².